The molecule has 1 aliphatic rings. The average Bonchev–Trinajstić information content (AvgIpc) is 2.88. The van der Waals surface area contributed by atoms with Crippen molar-refractivity contribution in [3.8, 4) is 0 Å². The first-order valence-electron chi connectivity index (χ1n) is 12.5. The Morgan fingerprint density at radius 3 is 1.79 bits per heavy atom. The Balaban J connectivity index is 1.52. The molecular weight excluding hydrogens is 418 g/mol. The quantitative estimate of drug-likeness (QED) is 0.234. The molecular formula is C27H46BrN. The van der Waals surface area contributed by atoms with Gasteiger partial charge in [0, 0.05) is 28.2 Å². The fourth-order valence-corrected chi connectivity index (χ4v) is 5.25. The van der Waals surface area contributed by atoms with Gasteiger partial charge in [0.2, 0.25) is 0 Å². The van der Waals surface area contributed by atoms with Crippen molar-refractivity contribution in [2.75, 3.05) is 11.4 Å². The lowest BCUT2D eigenvalue weighted by molar-refractivity contribution is 0.436. The van der Waals surface area contributed by atoms with E-state index >= 15 is 0 Å². The van der Waals surface area contributed by atoms with Crippen LogP contribution in [-0.4, -0.2) is 12.6 Å². The lowest BCUT2D eigenvalue weighted by Gasteiger charge is -2.31. The summed E-state index contributed by atoms with van der Waals surface area (Å²) in [6.45, 7) is 10.7. The molecule has 1 unspecified atom stereocenters. The van der Waals surface area contributed by atoms with Crippen LogP contribution in [0, 0.1) is 0 Å². The van der Waals surface area contributed by atoms with Crippen LogP contribution in [0.1, 0.15) is 123 Å². The lowest BCUT2D eigenvalue weighted by atomic mass is 9.81. The first kappa shape index (κ1) is 24.8. The zero-order valence-electron chi connectivity index (χ0n) is 19.7. The topological polar surface area (TPSA) is 3.24 Å². The zero-order valence-corrected chi connectivity index (χ0v) is 21.3. The fraction of sp³-hybridized carbons (Fsp3) is 0.778. The number of anilines is 1. The van der Waals surface area contributed by atoms with E-state index in [4.69, 9.17) is 0 Å². The molecule has 0 aromatic heterocycles. The first-order chi connectivity index (χ1) is 14.0. The van der Waals surface area contributed by atoms with Gasteiger partial charge in [0.05, 0.1) is 0 Å². The number of hydrogen-bond donors (Lipinski definition) is 0. The van der Waals surface area contributed by atoms with Crippen LogP contribution in [0.5, 0.6) is 0 Å². The summed E-state index contributed by atoms with van der Waals surface area (Å²) in [6.07, 6.45) is 20.0. The van der Waals surface area contributed by atoms with Gasteiger partial charge in [-0.2, -0.15) is 0 Å². The van der Waals surface area contributed by atoms with Gasteiger partial charge < -0.3 is 4.90 Å². The van der Waals surface area contributed by atoms with Crippen LogP contribution in [0.4, 0.5) is 5.69 Å². The van der Waals surface area contributed by atoms with Gasteiger partial charge in [0.15, 0.2) is 0 Å². The maximum Gasteiger partial charge on any atom is 0.0408 e. The van der Waals surface area contributed by atoms with E-state index in [-0.39, 0.29) is 5.41 Å². The van der Waals surface area contributed by atoms with Gasteiger partial charge in [0.1, 0.15) is 0 Å². The Labute approximate surface area is 190 Å². The molecule has 0 saturated carbocycles. The molecule has 1 nitrogen and oxygen atoms in total. The summed E-state index contributed by atoms with van der Waals surface area (Å²) in [5.74, 6) is 0. The second-order valence-electron chi connectivity index (χ2n) is 9.85. The molecule has 0 aliphatic carbocycles. The van der Waals surface area contributed by atoms with Crippen LogP contribution in [0.3, 0.4) is 0 Å². The van der Waals surface area contributed by atoms with E-state index in [0.717, 1.165) is 0 Å². The molecule has 0 fully saturated rings. The van der Waals surface area contributed by atoms with Crippen LogP contribution < -0.4 is 4.90 Å². The maximum atomic E-state index is 3.66. The summed E-state index contributed by atoms with van der Waals surface area (Å²) in [4.78, 5) is 2.66. The number of unbranched alkanes of at least 4 members (excludes halogenated alkanes) is 13. The molecule has 166 valence electrons. The van der Waals surface area contributed by atoms with Gasteiger partial charge in [-0.15, -0.1) is 0 Å². The fourth-order valence-electron chi connectivity index (χ4n) is 4.89. The van der Waals surface area contributed by atoms with E-state index < -0.39 is 0 Å². The third-order valence-electron chi connectivity index (χ3n) is 7.23. The Morgan fingerprint density at radius 1 is 0.793 bits per heavy atom. The van der Waals surface area contributed by atoms with Crippen LogP contribution in [0.15, 0.2) is 22.7 Å². The van der Waals surface area contributed by atoms with Gasteiger partial charge in [-0.3, -0.25) is 0 Å². The summed E-state index contributed by atoms with van der Waals surface area (Å²) in [6, 6.07) is 7.42. The van der Waals surface area contributed by atoms with Crippen molar-refractivity contribution in [3.05, 3.63) is 28.2 Å². The van der Waals surface area contributed by atoms with E-state index in [2.05, 4.69) is 66.7 Å². The highest BCUT2D eigenvalue weighted by molar-refractivity contribution is 9.10. The van der Waals surface area contributed by atoms with Crippen molar-refractivity contribution in [1.82, 2.24) is 0 Å². The third-order valence-corrected chi connectivity index (χ3v) is 7.72. The number of hydrogen-bond acceptors (Lipinski definition) is 1. The summed E-state index contributed by atoms with van der Waals surface area (Å²) in [7, 11) is 0. The van der Waals surface area contributed by atoms with Crippen LogP contribution >= 0.6 is 15.9 Å². The molecule has 0 bridgehead atoms. The highest BCUT2D eigenvalue weighted by Gasteiger charge is 2.41. The zero-order chi connectivity index (χ0) is 21.1. The molecule has 0 radical (unpaired) electrons. The highest BCUT2D eigenvalue weighted by Crippen LogP contribution is 2.46. The Morgan fingerprint density at radius 2 is 1.28 bits per heavy atom. The number of halogens is 1. The third kappa shape index (κ3) is 7.60. The van der Waals surface area contributed by atoms with Crippen molar-refractivity contribution >= 4 is 21.6 Å². The van der Waals surface area contributed by atoms with E-state index in [1.54, 1.807) is 0 Å². The summed E-state index contributed by atoms with van der Waals surface area (Å²) in [5.41, 5.74) is 3.19. The molecule has 0 saturated heterocycles. The number of fused-ring (bicyclic) bond motifs is 1. The Bertz CT molecular complexity index is 580. The maximum absolute atomic E-state index is 3.66. The van der Waals surface area contributed by atoms with Gasteiger partial charge in [0.25, 0.3) is 0 Å². The summed E-state index contributed by atoms with van der Waals surface area (Å²) < 4.78 is 1.20. The van der Waals surface area contributed by atoms with Crippen LogP contribution in [0.25, 0.3) is 0 Å². The van der Waals surface area contributed by atoms with Gasteiger partial charge in [-0.1, -0.05) is 120 Å². The minimum absolute atomic E-state index is 0.231. The Kier molecular flexibility index (Phi) is 11.1. The van der Waals surface area contributed by atoms with E-state index in [1.807, 2.05) is 0 Å². The predicted molar refractivity (Wildman–Crippen MR) is 134 cm³/mol. The van der Waals surface area contributed by atoms with Gasteiger partial charge >= 0.3 is 0 Å². The first-order valence-corrected chi connectivity index (χ1v) is 13.3. The van der Waals surface area contributed by atoms with Crippen LogP contribution in [0.2, 0.25) is 0 Å². The van der Waals surface area contributed by atoms with Gasteiger partial charge in [-0.05, 0) is 37.1 Å². The van der Waals surface area contributed by atoms with Crippen molar-refractivity contribution in [2.45, 2.75) is 129 Å². The molecule has 0 amide bonds. The Hall–Kier alpha value is -0.500. The molecule has 1 aromatic rings. The van der Waals surface area contributed by atoms with Crippen molar-refractivity contribution < 1.29 is 0 Å². The molecule has 1 heterocycles. The SMILES string of the molecule is CCCCCCCCCCCCCCCCN1c2ccc(Br)cc2C(C)(C)C1C. The molecule has 1 aliphatic heterocycles. The van der Waals surface area contributed by atoms with E-state index in [1.165, 1.54) is 112 Å². The van der Waals surface area contributed by atoms with Crippen molar-refractivity contribution in [2.24, 2.45) is 0 Å². The summed E-state index contributed by atoms with van der Waals surface area (Å²) >= 11 is 3.66. The molecule has 1 atom stereocenters. The molecule has 29 heavy (non-hydrogen) atoms. The summed E-state index contributed by atoms with van der Waals surface area (Å²) in [5, 5.41) is 0. The smallest absolute Gasteiger partial charge is 0.0408 e. The molecule has 2 heteroatoms. The standard InChI is InChI=1S/C27H46BrN/c1-5-6-7-8-9-10-11-12-13-14-15-16-17-18-21-29-23(2)27(3,4)25-22-24(28)19-20-26(25)29/h19-20,22-23H,5-18,21H2,1-4H3. The number of benzene rings is 1. The van der Waals surface area contributed by atoms with E-state index in [0.29, 0.717) is 6.04 Å². The molecule has 2 rings (SSSR count). The molecule has 0 N–H and O–H groups in total. The molecule has 1 aromatic carbocycles. The average molecular weight is 465 g/mol. The predicted octanol–water partition coefficient (Wildman–Crippen LogP) is 9.42. The second kappa shape index (κ2) is 13.0. The number of rotatable bonds is 15. The normalized spacial score (nSPS) is 17.7. The van der Waals surface area contributed by atoms with Crippen molar-refractivity contribution in [1.29, 1.82) is 0 Å². The minimum Gasteiger partial charge on any atom is -0.368 e. The lowest BCUT2D eigenvalue weighted by Crippen LogP contribution is -2.39. The van der Waals surface area contributed by atoms with Crippen molar-refractivity contribution in [3.63, 3.8) is 0 Å². The minimum atomic E-state index is 0.231. The van der Waals surface area contributed by atoms with E-state index in [9.17, 15) is 0 Å². The second-order valence-corrected chi connectivity index (χ2v) is 10.8. The van der Waals surface area contributed by atoms with Crippen LogP contribution in [-0.2, 0) is 5.41 Å². The largest absolute Gasteiger partial charge is 0.368 e. The molecule has 0 spiro atoms. The highest BCUT2D eigenvalue weighted by atomic mass is 79.9. The monoisotopic (exact) mass is 463 g/mol. The van der Waals surface area contributed by atoms with Gasteiger partial charge in [-0.25, -0.2) is 0 Å². The number of nitrogens with zero attached hydrogens (tertiary/aromatic N) is 1.